The van der Waals surface area contributed by atoms with E-state index >= 15 is 0 Å². The lowest BCUT2D eigenvalue weighted by molar-refractivity contribution is -0.122. The van der Waals surface area contributed by atoms with Gasteiger partial charge in [0.25, 0.3) is 0 Å². The van der Waals surface area contributed by atoms with Gasteiger partial charge in [0.15, 0.2) is 9.84 Å². The van der Waals surface area contributed by atoms with Gasteiger partial charge in [-0.05, 0) is 43.0 Å². The number of rotatable bonds is 5. The van der Waals surface area contributed by atoms with Gasteiger partial charge in [-0.25, -0.2) is 13.1 Å². The Morgan fingerprint density at radius 1 is 1.42 bits per heavy atom. The van der Waals surface area contributed by atoms with Crippen molar-refractivity contribution in [3.05, 3.63) is 48.3 Å². The Bertz CT molecular complexity index is 815. The summed E-state index contributed by atoms with van der Waals surface area (Å²) in [5.74, 6) is 0.169. The molecule has 2 atom stereocenters. The third-order valence-corrected chi connectivity index (χ3v) is 6.15. The van der Waals surface area contributed by atoms with Gasteiger partial charge in [-0.2, -0.15) is 5.10 Å². The molecule has 1 aliphatic rings. The molecule has 1 fully saturated rings. The number of nitrogens with zero attached hydrogens (tertiary/aromatic N) is 2. The third-order valence-electron chi connectivity index (χ3n) is 4.32. The van der Waals surface area contributed by atoms with Crippen LogP contribution in [-0.4, -0.2) is 35.6 Å². The van der Waals surface area contributed by atoms with Crippen LogP contribution in [0.4, 0.5) is 0 Å². The molecule has 24 heavy (non-hydrogen) atoms. The van der Waals surface area contributed by atoms with Gasteiger partial charge in [0.05, 0.1) is 23.2 Å². The second-order valence-electron chi connectivity index (χ2n) is 6.31. The van der Waals surface area contributed by atoms with E-state index in [4.69, 9.17) is 0 Å². The van der Waals surface area contributed by atoms with Crippen molar-refractivity contribution in [1.82, 2.24) is 15.1 Å². The van der Waals surface area contributed by atoms with Crippen LogP contribution >= 0.6 is 0 Å². The molecule has 6 nitrogen and oxygen atoms in total. The van der Waals surface area contributed by atoms with E-state index in [1.807, 2.05) is 43.5 Å². The molecule has 128 valence electrons. The normalized spacial score (nSPS) is 20.6. The molecule has 0 spiro atoms. The highest BCUT2D eigenvalue weighted by Crippen LogP contribution is 2.22. The molecule has 1 aliphatic heterocycles. The molecule has 1 amide bonds. The minimum Gasteiger partial charge on any atom is -0.350 e. The number of hydrogen-bond acceptors (Lipinski definition) is 4. The maximum absolute atomic E-state index is 12.2. The summed E-state index contributed by atoms with van der Waals surface area (Å²) in [5.41, 5.74) is 1.91. The van der Waals surface area contributed by atoms with E-state index in [1.54, 1.807) is 10.9 Å². The van der Waals surface area contributed by atoms with Crippen LogP contribution in [0.1, 0.15) is 31.4 Å². The second kappa shape index (κ2) is 6.76. The van der Waals surface area contributed by atoms with E-state index in [0.717, 1.165) is 11.3 Å². The van der Waals surface area contributed by atoms with Crippen LogP contribution in [0.15, 0.2) is 42.7 Å². The molecule has 3 rings (SSSR count). The van der Waals surface area contributed by atoms with Crippen molar-refractivity contribution in [2.24, 2.45) is 5.92 Å². The van der Waals surface area contributed by atoms with Gasteiger partial charge >= 0.3 is 0 Å². The van der Waals surface area contributed by atoms with Crippen LogP contribution in [0.2, 0.25) is 0 Å². The van der Waals surface area contributed by atoms with Crippen molar-refractivity contribution in [1.29, 1.82) is 0 Å². The molecule has 1 aromatic carbocycles. The summed E-state index contributed by atoms with van der Waals surface area (Å²) in [6, 6.07) is 9.53. The average Bonchev–Trinajstić information content (AvgIpc) is 3.17. The molecule has 1 N–H and O–H groups in total. The summed E-state index contributed by atoms with van der Waals surface area (Å²) in [6.07, 6.45) is 4.43. The number of amides is 1. The smallest absolute Gasteiger partial charge is 0.220 e. The lowest BCUT2D eigenvalue weighted by Gasteiger charge is -2.16. The number of aromatic nitrogens is 2. The summed E-state index contributed by atoms with van der Waals surface area (Å²) in [4.78, 5) is 12.2. The number of hydrogen-bond donors (Lipinski definition) is 1. The zero-order valence-electron chi connectivity index (χ0n) is 13.6. The molecule has 1 saturated heterocycles. The predicted octanol–water partition coefficient (Wildman–Crippen LogP) is 1.87. The van der Waals surface area contributed by atoms with E-state index < -0.39 is 9.84 Å². The summed E-state index contributed by atoms with van der Waals surface area (Å²) in [7, 11) is -2.94. The Morgan fingerprint density at radius 3 is 2.92 bits per heavy atom. The maximum Gasteiger partial charge on any atom is 0.220 e. The van der Waals surface area contributed by atoms with Crippen LogP contribution in [-0.2, 0) is 14.6 Å². The molecular weight excluding hydrogens is 326 g/mol. The predicted molar refractivity (Wildman–Crippen MR) is 91.5 cm³/mol. The zero-order chi connectivity index (χ0) is 17.2. The Labute approximate surface area is 141 Å². The third kappa shape index (κ3) is 4.03. The summed E-state index contributed by atoms with van der Waals surface area (Å²) < 4.78 is 24.7. The van der Waals surface area contributed by atoms with Crippen molar-refractivity contribution in [3.63, 3.8) is 0 Å². The lowest BCUT2D eigenvalue weighted by atomic mass is 10.0. The molecule has 2 aromatic rings. The number of nitrogens with one attached hydrogen (secondary N) is 1. The largest absolute Gasteiger partial charge is 0.350 e. The topological polar surface area (TPSA) is 81.1 Å². The molecule has 0 bridgehead atoms. The number of carbonyl (C=O) groups excluding carboxylic acids is 1. The molecule has 0 aliphatic carbocycles. The summed E-state index contributed by atoms with van der Waals surface area (Å²) in [6.45, 7) is 1.92. The van der Waals surface area contributed by atoms with Gasteiger partial charge in [0, 0.05) is 18.8 Å². The van der Waals surface area contributed by atoms with E-state index in [2.05, 4.69) is 10.4 Å². The van der Waals surface area contributed by atoms with Gasteiger partial charge in [-0.15, -0.1) is 0 Å². The van der Waals surface area contributed by atoms with Crippen LogP contribution in [0.3, 0.4) is 0 Å². The molecule has 0 unspecified atom stereocenters. The van der Waals surface area contributed by atoms with Crippen LogP contribution in [0.5, 0.6) is 0 Å². The highest BCUT2D eigenvalue weighted by molar-refractivity contribution is 7.91. The monoisotopic (exact) mass is 347 g/mol. The van der Waals surface area contributed by atoms with Crippen molar-refractivity contribution in [3.8, 4) is 5.69 Å². The van der Waals surface area contributed by atoms with Crippen LogP contribution in [0.25, 0.3) is 5.69 Å². The lowest BCUT2D eigenvalue weighted by Crippen LogP contribution is -2.28. The van der Waals surface area contributed by atoms with E-state index in [1.165, 1.54) is 0 Å². The highest BCUT2D eigenvalue weighted by Gasteiger charge is 2.29. The number of carbonyl (C=O) groups is 1. The first kappa shape index (κ1) is 16.7. The summed E-state index contributed by atoms with van der Waals surface area (Å²) >= 11 is 0. The second-order valence-corrected chi connectivity index (χ2v) is 8.54. The Balaban J connectivity index is 1.61. The van der Waals surface area contributed by atoms with Gasteiger partial charge < -0.3 is 5.32 Å². The van der Waals surface area contributed by atoms with Gasteiger partial charge in [0.2, 0.25) is 5.91 Å². The quantitative estimate of drug-likeness (QED) is 0.895. The molecular formula is C17H21N3O3S. The van der Waals surface area contributed by atoms with E-state index in [0.29, 0.717) is 6.42 Å². The van der Waals surface area contributed by atoms with Gasteiger partial charge in [0.1, 0.15) is 0 Å². The van der Waals surface area contributed by atoms with Crippen molar-refractivity contribution in [2.45, 2.75) is 25.8 Å². The Kier molecular flexibility index (Phi) is 4.71. The minimum absolute atomic E-state index is 0.0578. The first-order valence-corrected chi connectivity index (χ1v) is 9.85. The fraction of sp³-hybridized carbons (Fsp3) is 0.412. The van der Waals surface area contributed by atoms with Crippen molar-refractivity contribution < 1.29 is 13.2 Å². The van der Waals surface area contributed by atoms with Gasteiger partial charge in [-0.1, -0.05) is 12.1 Å². The number of benzene rings is 1. The first-order valence-electron chi connectivity index (χ1n) is 8.03. The minimum atomic E-state index is -2.94. The highest BCUT2D eigenvalue weighted by atomic mass is 32.2. The van der Waals surface area contributed by atoms with Crippen LogP contribution < -0.4 is 5.32 Å². The SMILES string of the molecule is C[C@H](NC(=O)C[C@@H]1CCS(=O)(=O)C1)c1cccc(-n2cccn2)c1. The maximum atomic E-state index is 12.2. The van der Waals surface area contributed by atoms with E-state index in [-0.39, 0.29) is 35.8 Å². The van der Waals surface area contributed by atoms with E-state index in [9.17, 15) is 13.2 Å². The zero-order valence-corrected chi connectivity index (χ0v) is 14.4. The standard InChI is InChI=1S/C17H21N3O3S/c1-13(19-17(21)10-14-6-9-24(22,23)12-14)15-4-2-5-16(11-15)20-8-3-7-18-20/h2-5,7-8,11,13-14H,6,9-10,12H2,1H3,(H,19,21)/t13-,14-/m0/s1. The Morgan fingerprint density at radius 2 is 2.25 bits per heavy atom. The summed E-state index contributed by atoms with van der Waals surface area (Å²) in [5, 5.41) is 7.16. The molecule has 1 aromatic heterocycles. The molecule has 2 heterocycles. The molecule has 7 heteroatoms. The van der Waals surface area contributed by atoms with Crippen LogP contribution in [0, 0.1) is 5.92 Å². The number of sulfone groups is 1. The van der Waals surface area contributed by atoms with Gasteiger partial charge in [-0.3, -0.25) is 4.79 Å². The fourth-order valence-electron chi connectivity index (χ4n) is 3.04. The molecule has 0 saturated carbocycles. The van der Waals surface area contributed by atoms with Crippen molar-refractivity contribution >= 4 is 15.7 Å². The van der Waals surface area contributed by atoms with Crippen molar-refractivity contribution in [2.75, 3.05) is 11.5 Å². The first-order chi connectivity index (χ1) is 11.4. The fourth-order valence-corrected chi connectivity index (χ4v) is 4.90. The Hall–Kier alpha value is -2.15. The molecule has 0 radical (unpaired) electrons. The average molecular weight is 347 g/mol.